The fraction of sp³-hybridized carbons (Fsp3) is 0.458. The molecule has 1 aliphatic heterocycles. The summed E-state index contributed by atoms with van der Waals surface area (Å²) in [6, 6.07) is 6.53. The first-order valence-electron chi connectivity index (χ1n) is 11.7. The van der Waals surface area contributed by atoms with Gasteiger partial charge < -0.3 is 24.8 Å². The van der Waals surface area contributed by atoms with Gasteiger partial charge in [-0.2, -0.15) is 13.2 Å². The van der Waals surface area contributed by atoms with Crippen LogP contribution in [0.5, 0.6) is 5.75 Å². The molecule has 0 saturated carbocycles. The summed E-state index contributed by atoms with van der Waals surface area (Å²) in [5, 5.41) is 10.0. The number of carbonyl (C=O) groups is 3. The summed E-state index contributed by atoms with van der Waals surface area (Å²) in [7, 11) is 1.59. The van der Waals surface area contributed by atoms with Gasteiger partial charge in [-0.15, -0.1) is 0 Å². The number of aromatic nitrogens is 2. The second kappa shape index (κ2) is 14.8. The number of amides is 2. The van der Waals surface area contributed by atoms with Crippen LogP contribution in [0.2, 0.25) is 0 Å². The minimum Gasteiger partial charge on any atom is -0.497 e. The van der Waals surface area contributed by atoms with Crippen LogP contribution < -0.4 is 10.1 Å². The van der Waals surface area contributed by atoms with E-state index in [2.05, 4.69) is 15.3 Å². The van der Waals surface area contributed by atoms with Crippen molar-refractivity contribution in [3.63, 3.8) is 0 Å². The van der Waals surface area contributed by atoms with Gasteiger partial charge in [-0.25, -0.2) is 4.79 Å². The zero-order valence-electron chi connectivity index (χ0n) is 21.0. The summed E-state index contributed by atoms with van der Waals surface area (Å²) in [5.41, 5.74) is 1.21. The number of benzene rings is 1. The zero-order chi connectivity index (χ0) is 28.1. The lowest BCUT2D eigenvalue weighted by molar-refractivity contribution is -0.192. The number of carbonyl (C=O) groups excluding carboxylic acids is 2. The van der Waals surface area contributed by atoms with Crippen LogP contribution in [0.15, 0.2) is 42.9 Å². The number of methoxy groups -OCH3 is 1. The van der Waals surface area contributed by atoms with Crippen molar-refractivity contribution in [1.82, 2.24) is 25.1 Å². The number of nitrogens with one attached hydrogen (secondary N) is 1. The number of hydrogen-bond donors (Lipinski definition) is 2. The Hall–Kier alpha value is -3.78. The van der Waals surface area contributed by atoms with Crippen molar-refractivity contribution < 1.29 is 42.1 Å². The molecule has 1 saturated heterocycles. The fourth-order valence-electron chi connectivity index (χ4n) is 3.53. The molecule has 1 atom stereocenters. The van der Waals surface area contributed by atoms with Crippen LogP contribution in [0.25, 0.3) is 0 Å². The lowest BCUT2D eigenvalue weighted by atomic mass is 10.1. The smallest absolute Gasteiger partial charge is 0.490 e. The van der Waals surface area contributed by atoms with E-state index >= 15 is 0 Å². The van der Waals surface area contributed by atoms with Gasteiger partial charge >= 0.3 is 12.1 Å². The van der Waals surface area contributed by atoms with Gasteiger partial charge in [0.25, 0.3) is 5.91 Å². The van der Waals surface area contributed by atoms with Crippen molar-refractivity contribution in [2.45, 2.75) is 19.1 Å². The van der Waals surface area contributed by atoms with E-state index in [0.717, 1.165) is 0 Å². The summed E-state index contributed by atoms with van der Waals surface area (Å²) in [5.74, 6) is -2.22. The number of rotatable bonds is 9. The molecule has 208 valence electrons. The fourth-order valence-corrected chi connectivity index (χ4v) is 3.53. The first-order chi connectivity index (χ1) is 18.1. The van der Waals surface area contributed by atoms with Crippen molar-refractivity contribution >= 4 is 17.8 Å². The first kappa shape index (κ1) is 30.4. The molecule has 2 N–H and O–H groups in total. The summed E-state index contributed by atoms with van der Waals surface area (Å²) < 4.78 is 42.2. The quantitative estimate of drug-likeness (QED) is 0.456. The van der Waals surface area contributed by atoms with E-state index in [1.807, 2.05) is 11.8 Å². The number of carboxylic acids is 1. The highest BCUT2D eigenvalue weighted by Gasteiger charge is 2.38. The van der Waals surface area contributed by atoms with E-state index in [0.29, 0.717) is 62.9 Å². The van der Waals surface area contributed by atoms with E-state index in [-0.39, 0.29) is 11.8 Å². The molecule has 1 aromatic carbocycles. The molecule has 2 amide bonds. The number of nitrogens with zero attached hydrogens (tertiary/aromatic N) is 4. The van der Waals surface area contributed by atoms with Gasteiger partial charge in [-0.1, -0.05) is 0 Å². The van der Waals surface area contributed by atoms with Gasteiger partial charge in [-0.3, -0.25) is 24.5 Å². The molecule has 1 unspecified atom stereocenters. The third kappa shape index (κ3) is 9.27. The average molecular weight is 542 g/mol. The molecular weight excluding hydrogens is 511 g/mol. The molecule has 0 bridgehead atoms. The largest absolute Gasteiger partial charge is 0.497 e. The highest BCUT2D eigenvalue weighted by molar-refractivity contribution is 5.94. The SMILES string of the molecule is CCOCCNC(=O)C(c1cnccn1)N1CCN(C(=O)c2ccc(OC)cc2)CC1.O=C(O)C(F)(F)F. The molecule has 0 radical (unpaired) electrons. The Morgan fingerprint density at radius 3 is 2.24 bits per heavy atom. The standard InChI is InChI=1S/C22H29N5O4.C2HF3O2/c1-3-31-15-10-25-21(28)20(19-16-23-8-9-24-19)26-11-13-27(14-12-26)22(29)17-4-6-18(30-2)7-5-17;3-2(4,5)1(6)7/h4-9,16,20H,3,10-15H2,1-2H3,(H,25,28);(H,6,7). The maximum Gasteiger partial charge on any atom is 0.490 e. The second-order valence-electron chi connectivity index (χ2n) is 7.88. The van der Waals surface area contributed by atoms with Crippen LogP contribution in [0.1, 0.15) is 29.0 Å². The number of alkyl halides is 3. The normalized spacial score (nSPS) is 14.6. The third-order valence-corrected chi connectivity index (χ3v) is 5.41. The molecule has 14 heteroatoms. The maximum absolute atomic E-state index is 12.9. The topological polar surface area (TPSA) is 134 Å². The molecule has 11 nitrogen and oxygen atoms in total. The highest BCUT2D eigenvalue weighted by atomic mass is 19.4. The number of halogens is 3. The Bertz CT molecular complexity index is 1030. The minimum atomic E-state index is -5.08. The highest BCUT2D eigenvalue weighted by Crippen LogP contribution is 2.22. The van der Waals surface area contributed by atoms with E-state index < -0.39 is 18.2 Å². The van der Waals surface area contributed by atoms with Crippen molar-refractivity contribution in [1.29, 1.82) is 0 Å². The second-order valence-corrected chi connectivity index (χ2v) is 7.88. The van der Waals surface area contributed by atoms with Crippen LogP contribution in [0.3, 0.4) is 0 Å². The van der Waals surface area contributed by atoms with Crippen molar-refractivity contribution in [3.05, 3.63) is 54.1 Å². The van der Waals surface area contributed by atoms with Crippen LogP contribution in [0, 0.1) is 0 Å². The van der Waals surface area contributed by atoms with Gasteiger partial charge in [0.2, 0.25) is 5.91 Å². The number of carboxylic acid groups (broad SMARTS) is 1. The molecule has 1 aromatic heterocycles. The van der Waals surface area contributed by atoms with Gasteiger partial charge in [0, 0.05) is 57.3 Å². The summed E-state index contributed by atoms with van der Waals surface area (Å²) in [4.78, 5) is 47.0. The van der Waals surface area contributed by atoms with E-state index in [9.17, 15) is 22.8 Å². The monoisotopic (exact) mass is 541 g/mol. The maximum atomic E-state index is 12.9. The lowest BCUT2D eigenvalue weighted by Gasteiger charge is -2.38. The van der Waals surface area contributed by atoms with Crippen molar-refractivity contribution in [2.24, 2.45) is 0 Å². The molecule has 2 heterocycles. The van der Waals surface area contributed by atoms with Crippen LogP contribution in [-0.4, -0.2) is 102 Å². The lowest BCUT2D eigenvalue weighted by Crippen LogP contribution is -2.52. The van der Waals surface area contributed by atoms with E-state index in [1.54, 1.807) is 54.9 Å². The molecule has 3 rings (SSSR count). The van der Waals surface area contributed by atoms with Gasteiger partial charge in [0.05, 0.1) is 25.6 Å². The summed E-state index contributed by atoms with van der Waals surface area (Å²) >= 11 is 0. The Morgan fingerprint density at radius 1 is 1.11 bits per heavy atom. The van der Waals surface area contributed by atoms with Crippen molar-refractivity contribution in [3.8, 4) is 5.75 Å². The summed E-state index contributed by atoms with van der Waals surface area (Å²) in [6.45, 7) is 5.56. The minimum absolute atomic E-state index is 0.0282. The predicted octanol–water partition coefficient (Wildman–Crippen LogP) is 1.77. The third-order valence-electron chi connectivity index (χ3n) is 5.41. The number of ether oxygens (including phenoxy) is 2. The first-order valence-corrected chi connectivity index (χ1v) is 11.7. The number of piperazine rings is 1. The predicted molar refractivity (Wildman–Crippen MR) is 128 cm³/mol. The van der Waals surface area contributed by atoms with Crippen LogP contribution in [0.4, 0.5) is 13.2 Å². The Balaban J connectivity index is 0.000000638. The molecule has 0 aliphatic carbocycles. The van der Waals surface area contributed by atoms with Crippen LogP contribution in [-0.2, 0) is 14.3 Å². The molecule has 2 aromatic rings. The van der Waals surface area contributed by atoms with Gasteiger partial charge in [-0.05, 0) is 31.2 Å². The van der Waals surface area contributed by atoms with E-state index in [1.165, 1.54) is 0 Å². The Labute approximate surface area is 217 Å². The summed E-state index contributed by atoms with van der Waals surface area (Å²) in [6.07, 6.45) is -0.306. The van der Waals surface area contributed by atoms with Gasteiger partial charge in [0.1, 0.15) is 11.8 Å². The molecule has 1 fully saturated rings. The zero-order valence-corrected chi connectivity index (χ0v) is 21.0. The van der Waals surface area contributed by atoms with Crippen molar-refractivity contribution in [2.75, 3.05) is 53.0 Å². The van der Waals surface area contributed by atoms with Gasteiger partial charge in [0.15, 0.2) is 0 Å². The number of hydrogen-bond acceptors (Lipinski definition) is 8. The molecule has 38 heavy (non-hydrogen) atoms. The Kier molecular flexibility index (Phi) is 11.9. The molecular formula is C24H30F3N5O6. The average Bonchev–Trinajstić information content (AvgIpc) is 2.92. The van der Waals surface area contributed by atoms with Crippen LogP contribution >= 0.6 is 0 Å². The molecule has 0 spiro atoms. The Morgan fingerprint density at radius 2 is 1.74 bits per heavy atom. The molecule has 1 aliphatic rings. The van der Waals surface area contributed by atoms with E-state index in [4.69, 9.17) is 19.4 Å². The number of aliphatic carboxylic acids is 1.